The first-order valence-electron chi connectivity index (χ1n) is 19.3. The third kappa shape index (κ3) is 15.1. The van der Waals surface area contributed by atoms with Gasteiger partial charge in [0.25, 0.3) is 40.5 Å². The molecular formula is C35H42N14O12S6. The smallest absolute Gasteiger partial charge is 0.295 e. The van der Waals surface area contributed by atoms with Gasteiger partial charge >= 0.3 is 0 Å². The van der Waals surface area contributed by atoms with Gasteiger partial charge in [0.05, 0.1) is 28.1 Å². The van der Waals surface area contributed by atoms with E-state index in [0.717, 1.165) is 23.1 Å². The predicted octanol–water partition coefficient (Wildman–Crippen LogP) is 6.24. The van der Waals surface area contributed by atoms with Crippen LogP contribution in [0.3, 0.4) is 0 Å². The van der Waals surface area contributed by atoms with Crippen molar-refractivity contribution in [2.45, 2.75) is 56.7 Å². The monoisotopic (exact) mass is 1040 g/mol. The number of nitrogens with one attached hydrogen (secondary N) is 2. The van der Waals surface area contributed by atoms with Crippen LogP contribution in [0.15, 0.2) is 72.8 Å². The molecule has 0 aliphatic carbocycles. The van der Waals surface area contributed by atoms with Crippen molar-refractivity contribution in [3.63, 3.8) is 0 Å². The van der Waals surface area contributed by atoms with Crippen molar-refractivity contribution in [2.24, 2.45) is 20.5 Å². The van der Waals surface area contributed by atoms with E-state index in [1.54, 1.807) is 50.9 Å². The first-order chi connectivity index (χ1) is 31.3. The van der Waals surface area contributed by atoms with E-state index < -0.39 is 46.2 Å². The second-order valence-corrected chi connectivity index (χ2v) is 21.4. The Morgan fingerprint density at radius 3 is 2.10 bits per heavy atom. The third-order valence-corrected chi connectivity index (χ3v) is 13.9. The summed E-state index contributed by atoms with van der Waals surface area (Å²) in [5.74, 6) is 0.559. The standard InChI is InChI=1S/C24H27N7O9S4.C11H15N7O3S2/c1-4-14-10-13(3)21(44(38,39)40)16(5-2)20(14)27-22-19(12-26-24(28-22)25-8-9-42(32,33)34)29-30-23-17-11-15(43(35,36)37)6-7-18(17)31-41-23;1-8-12-11(22-17-8)16-14-9-4-5-10(15-13-9)18(2)6-3-7-23(19,20)21/h6-7,10-12H,4-5,8-9H2,1-3H3,(H,32,33,34)(H,35,36,37)(H,38,39,40)(H2,25,26,27,28);4-5H,3,6-7H2,1-2H3,(H,19,20,21). The van der Waals surface area contributed by atoms with Gasteiger partial charge in [-0.2, -0.15) is 47.4 Å². The minimum Gasteiger partial charge on any atom is -0.358 e. The van der Waals surface area contributed by atoms with Crippen LogP contribution in [0.1, 0.15) is 42.8 Å². The maximum absolute atomic E-state index is 12.3. The molecule has 26 nitrogen and oxygen atoms in total. The zero-order valence-electron chi connectivity index (χ0n) is 35.9. The van der Waals surface area contributed by atoms with E-state index in [1.807, 2.05) is 6.92 Å². The fraction of sp³-hybridized carbons (Fsp3) is 0.343. The molecule has 32 heteroatoms. The van der Waals surface area contributed by atoms with Gasteiger partial charge < -0.3 is 15.5 Å². The van der Waals surface area contributed by atoms with Gasteiger partial charge in [0, 0.05) is 42.7 Å². The van der Waals surface area contributed by atoms with E-state index in [2.05, 4.69) is 65.0 Å². The highest BCUT2D eigenvalue weighted by molar-refractivity contribution is 7.86. The zero-order valence-corrected chi connectivity index (χ0v) is 40.8. The molecule has 4 heterocycles. The summed E-state index contributed by atoms with van der Waals surface area (Å²) >= 11 is 2.05. The summed E-state index contributed by atoms with van der Waals surface area (Å²) in [5, 5.41) is 30.8. The fourth-order valence-corrected chi connectivity index (χ4v) is 9.52. The average Bonchev–Trinajstić information content (AvgIpc) is 3.86. The molecule has 0 saturated heterocycles. The number of anilines is 4. The van der Waals surface area contributed by atoms with E-state index in [9.17, 15) is 42.8 Å². The number of hydrogen-bond donors (Lipinski definition) is 6. The lowest BCUT2D eigenvalue weighted by Gasteiger charge is -2.20. The molecule has 0 amide bonds. The molecule has 67 heavy (non-hydrogen) atoms. The first-order valence-corrected chi connectivity index (χ1v) is 27.0. The van der Waals surface area contributed by atoms with Gasteiger partial charge in [0.15, 0.2) is 22.5 Å². The molecular weight excluding hydrogens is 1000 g/mol. The molecule has 4 aromatic heterocycles. The number of azo groups is 2. The highest BCUT2D eigenvalue weighted by atomic mass is 32.2. The molecule has 360 valence electrons. The molecule has 6 N–H and O–H groups in total. The summed E-state index contributed by atoms with van der Waals surface area (Å²) in [6.07, 6.45) is 2.20. The van der Waals surface area contributed by atoms with Crippen molar-refractivity contribution in [2.75, 3.05) is 47.2 Å². The Hall–Kier alpha value is -5.71. The minimum absolute atomic E-state index is 0.0140. The Kier molecular flexibility index (Phi) is 17.1. The summed E-state index contributed by atoms with van der Waals surface area (Å²) < 4.78 is 137. The highest BCUT2D eigenvalue weighted by Crippen LogP contribution is 2.38. The molecule has 2 aromatic carbocycles. The van der Waals surface area contributed by atoms with Crippen LogP contribution in [0.4, 0.5) is 44.9 Å². The molecule has 0 spiro atoms. The highest BCUT2D eigenvalue weighted by Gasteiger charge is 2.24. The lowest BCUT2D eigenvalue weighted by Crippen LogP contribution is -2.22. The SMILES string of the molecule is CCc1cc(C)c(S(=O)(=O)O)c(CC)c1Nc1nc(NCCS(=O)(=O)O)ncc1N=Nc1snc2ccc(S(=O)(=O)O)cc12.Cc1nsc(N=Nc2ccc(N(C)CCCS(=O)(=O)O)nn2)n1. The Bertz CT molecular complexity index is 3260. The van der Waals surface area contributed by atoms with Gasteiger partial charge in [-0.25, -0.2) is 9.97 Å². The summed E-state index contributed by atoms with van der Waals surface area (Å²) in [5.41, 5.74) is 2.12. The fourth-order valence-electron chi connectivity index (χ4n) is 5.95. The maximum Gasteiger partial charge on any atom is 0.295 e. The zero-order chi connectivity index (χ0) is 49.3. The topological polar surface area (TPSA) is 384 Å². The molecule has 0 unspecified atom stereocenters. The number of aromatic nitrogens is 7. The van der Waals surface area contributed by atoms with Crippen molar-refractivity contribution in [3.8, 4) is 0 Å². The number of rotatable bonds is 19. The second kappa shape index (κ2) is 21.9. The second-order valence-electron chi connectivity index (χ2n) is 14.0. The van der Waals surface area contributed by atoms with Crippen molar-refractivity contribution >= 4 is 119 Å². The van der Waals surface area contributed by atoms with Crippen LogP contribution in [0.25, 0.3) is 10.9 Å². The summed E-state index contributed by atoms with van der Waals surface area (Å²) in [6, 6.07) is 8.75. The van der Waals surface area contributed by atoms with Gasteiger partial charge in [-0.05, 0) is 91.7 Å². The van der Waals surface area contributed by atoms with E-state index in [-0.39, 0.29) is 62.9 Å². The van der Waals surface area contributed by atoms with E-state index in [0.29, 0.717) is 63.3 Å². The van der Waals surface area contributed by atoms with Crippen LogP contribution in [0, 0.1) is 13.8 Å². The van der Waals surface area contributed by atoms with Crippen LogP contribution in [0.2, 0.25) is 0 Å². The molecule has 0 bridgehead atoms. The Labute approximate surface area is 392 Å². The molecule has 0 aliphatic rings. The molecule has 6 rings (SSSR count). The molecule has 0 saturated carbocycles. The van der Waals surface area contributed by atoms with Gasteiger partial charge in [-0.15, -0.1) is 30.7 Å². The van der Waals surface area contributed by atoms with Crippen LogP contribution < -0.4 is 15.5 Å². The van der Waals surface area contributed by atoms with Gasteiger partial charge in [-0.3, -0.25) is 18.2 Å². The Morgan fingerprint density at radius 2 is 1.51 bits per heavy atom. The third-order valence-electron chi connectivity index (χ3n) is 8.95. The summed E-state index contributed by atoms with van der Waals surface area (Å²) in [7, 11) is -15.6. The number of benzene rings is 2. The number of fused-ring (bicyclic) bond motifs is 1. The first kappa shape index (κ1) is 52.3. The maximum atomic E-state index is 12.3. The molecule has 0 radical (unpaired) electrons. The summed E-state index contributed by atoms with van der Waals surface area (Å²) in [4.78, 5) is 13.6. The van der Waals surface area contributed by atoms with E-state index in [1.165, 1.54) is 24.4 Å². The van der Waals surface area contributed by atoms with Crippen molar-refractivity contribution in [1.29, 1.82) is 0 Å². The number of nitrogens with zero attached hydrogens (tertiary/aromatic N) is 12. The number of hydrogen-bond acceptors (Lipinski definition) is 24. The lowest BCUT2D eigenvalue weighted by atomic mass is 9.99. The number of aryl methyl sites for hydroxylation is 3. The average molecular weight is 1040 g/mol. The van der Waals surface area contributed by atoms with Crippen LogP contribution in [-0.2, 0) is 53.3 Å². The van der Waals surface area contributed by atoms with Crippen LogP contribution >= 0.6 is 23.1 Å². The van der Waals surface area contributed by atoms with Crippen LogP contribution in [-0.4, -0.2) is 117 Å². The normalized spacial score (nSPS) is 12.4. The van der Waals surface area contributed by atoms with Crippen molar-refractivity contribution < 1.29 is 51.9 Å². The van der Waals surface area contributed by atoms with E-state index in [4.69, 9.17) is 9.11 Å². The van der Waals surface area contributed by atoms with Crippen LogP contribution in [0.5, 0.6) is 0 Å². The lowest BCUT2D eigenvalue weighted by molar-refractivity contribution is 0.479. The van der Waals surface area contributed by atoms with Gasteiger partial charge in [-0.1, -0.05) is 19.9 Å². The molecule has 0 atom stereocenters. The van der Waals surface area contributed by atoms with Gasteiger partial charge in [0.1, 0.15) is 16.4 Å². The van der Waals surface area contributed by atoms with E-state index >= 15 is 0 Å². The Balaban J connectivity index is 0.000000306. The minimum atomic E-state index is -4.61. The quantitative estimate of drug-likeness (QED) is 0.0386. The van der Waals surface area contributed by atoms with Crippen molar-refractivity contribution in [1.82, 2.24) is 33.9 Å². The molecule has 0 fully saturated rings. The van der Waals surface area contributed by atoms with Crippen molar-refractivity contribution in [3.05, 3.63) is 65.1 Å². The largest absolute Gasteiger partial charge is 0.358 e. The van der Waals surface area contributed by atoms with Gasteiger partial charge in [0.2, 0.25) is 11.1 Å². The Morgan fingerprint density at radius 1 is 0.776 bits per heavy atom. The molecule has 6 aromatic rings. The molecule has 0 aliphatic heterocycles. The summed E-state index contributed by atoms with van der Waals surface area (Å²) in [6.45, 7) is 7.08. The predicted molar refractivity (Wildman–Crippen MR) is 249 cm³/mol.